The molecule has 0 saturated carbocycles. The molecule has 1 heterocycles. The number of carbonyl (C=O) groups is 2. The van der Waals surface area contributed by atoms with Gasteiger partial charge in [0.05, 0.1) is 22.8 Å². The Labute approximate surface area is 216 Å². The number of esters is 1. The minimum absolute atomic E-state index is 0.147. The molecular weight excluding hydrogens is 528 g/mol. The molecule has 0 atom stereocenters. The van der Waals surface area contributed by atoms with E-state index in [1.807, 2.05) is 54.6 Å². The predicted octanol–water partition coefficient (Wildman–Crippen LogP) is 6.44. The maximum atomic E-state index is 12.9. The van der Waals surface area contributed by atoms with Gasteiger partial charge in [-0.1, -0.05) is 46.3 Å². The van der Waals surface area contributed by atoms with Crippen molar-refractivity contribution in [1.29, 1.82) is 0 Å². The van der Waals surface area contributed by atoms with Crippen LogP contribution in [0.25, 0.3) is 6.08 Å². The first-order chi connectivity index (χ1) is 16.9. The molecule has 0 aromatic heterocycles. The van der Waals surface area contributed by atoms with Crippen LogP contribution in [0, 0.1) is 0 Å². The molecule has 0 unspecified atom stereocenters. The summed E-state index contributed by atoms with van der Waals surface area (Å²) >= 11 is 4.80. The van der Waals surface area contributed by atoms with E-state index in [4.69, 9.17) is 9.47 Å². The number of amidine groups is 1. The van der Waals surface area contributed by atoms with Crippen molar-refractivity contribution in [1.82, 2.24) is 4.90 Å². The lowest BCUT2D eigenvalue weighted by Crippen LogP contribution is -2.23. The van der Waals surface area contributed by atoms with Gasteiger partial charge in [-0.25, -0.2) is 9.79 Å². The second kappa shape index (κ2) is 11.4. The largest absolute Gasteiger partial charge is 0.488 e. The SMILES string of the molecule is CCOC(=O)c1ccc(N=C2S/C(=C\c3cc(Br)ccc3OCc3ccccc3)C(=O)N2C)cc1. The summed E-state index contributed by atoms with van der Waals surface area (Å²) in [7, 11) is 1.69. The van der Waals surface area contributed by atoms with Crippen LogP contribution < -0.4 is 4.74 Å². The van der Waals surface area contributed by atoms with E-state index in [1.165, 1.54) is 16.7 Å². The maximum Gasteiger partial charge on any atom is 0.338 e. The zero-order valence-corrected chi connectivity index (χ0v) is 21.6. The van der Waals surface area contributed by atoms with Gasteiger partial charge >= 0.3 is 5.97 Å². The van der Waals surface area contributed by atoms with Crippen LogP contribution in [-0.2, 0) is 16.1 Å². The van der Waals surface area contributed by atoms with E-state index in [-0.39, 0.29) is 11.9 Å². The first-order valence-electron chi connectivity index (χ1n) is 10.9. The fourth-order valence-electron chi connectivity index (χ4n) is 3.29. The Balaban J connectivity index is 1.55. The van der Waals surface area contributed by atoms with Gasteiger partial charge in [0.2, 0.25) is 0 Å². The number of hydrogen-bond donors (Lipinski definition) is 0. The van der Waals surface area contributed by atoms with Crippen LogP contribution in [0.4, 0.5) is 5.69 Å². The van der Waals surface area contributed by atoms with Gasteiger partial charge in [0.25, 0.3) is 5.91 Å². The Morgan fingerprint density at radius 1 is 1.09 bits per heavy atom. The van der Waals surface area contributed by atoms with E-state index in [9.17, 15) is 9.59 Å². The van der Waals surface area contributed by atoms with Gasteiger partial charge in [0.1, 0.15) is 12.4 Å². The number of nitrogens with zero attached hydrogens (tertiary/aromatic N) is 2. The average molecular weight is 551 g/mol. The van der Waals surface area contributed by atoms with Crippen molar-refractivity contribution in [2.24, 2.45) is 4.99 Å². The highest BCUT2D eigenvalue weighted by molar-refractivity contribution is 9.10. The van der Waals surface area contributed by atoms with Crippen molar-refractivity contribution in [3.8, 4) is 5.75 Å². The van der Waals surface area contributed by atoms with E-state index in [0.717, 1.165) is 15.6 Å². The number of rotatable bonds is 7. The number of thioether (sulfide) groups is 1. The Morgan fingerprint density at radius 2 is 1.83 bits per heavy atom. The highest BCUT2D eigenvalue weighted by Gasteiger charge is 2.30. The third-order valence-corrected chi connectivity index (χ3v) is 6.66. The lowest BCUT2D eigenvalue weighted by Gasteiger charge is -2.10. The summed E-state index contributed by atoms with van der Waals surface area (Å²) in [4.78, 5) is 31.4. The van der Waals surface area contributed by atoms with E-state index in [1.54, 1.807) is 38.2 Å². The van der Waals surface area contributed by atoms with Crippen LogP contribution >= 0.6 is 27.7 Å². The number of ether oxygens (including phenoxy) is 2. The van der Waals surface area contributed by atoms with Gasteiger partial charge < -0.3 is 9.47 Å². The molecule has 3 aromatic carbocycles. The molecule has 8 heteroatoms. The molecule has 0 spiro atoms. The zero-order valence-electron chi connectivity index (χ0n) is 19.2. The summed E-state index contributed by atoms with van der Waals surface area (Å²) in [6.45, 7) is 2.51. The van der Waals surface area contributed by atoms with Crippen LogP contribution in [0.5, 0.6) is 5.75 Å². The summed E-state index contributed by atoms with van der Waals surface area (Å²) < 4.78 is 11.9. The van der Waals surface area contributed by atoms with Gasteiger partial charge in [-0.3, -0.25) is 9.69 Å². The molecule has 0 radical (unpaired) electrons. The normalized spacial score (nSPS) is 15.6. The average Bonchev–Trinajstić information content (AvgIpc) is 3.12. The third kappa shape index (κ3) is 6.21. The molecule has 1 aliphatic rings. The van der Waals surface area contributed by atoms with Crippen molar-refractivity contribution < 1.29 is 19.1 Å². The van der Waals surface area contributed by atoms with Crippen LogP contribution in [0.1, 0.15) is 28.4 Å². The second-order valence-corrected chi connectivity index (χ2v) is 9.52. The minimum Gasteiger partial charge on any atom is -0.488 e. The molecule has 0 bridgehead atoms. The van der Waals surface area contributed by atoms with Gasteiger partial charge in [-0.15, -0.1) is 0 Å². The highest BCUT2D eigenvalue weighted by Crippen LogP contribution is 2.35. The zero-order chi connectivity index (χ0) is 24.8. The molecular formula is C27H23BrN2O4S. The molecule has 4 rings (SSSR count). The molecule has 3 aromatic rings. The molecule has 1 saturated heterocycles. The first kappa shape index (κ1) is 24.8. The fourth-order valence-corrected chi connectivity index (χ4v) is 4.65. The number of benzene rings is 3. The van der Waals surface area contributed by atoms with Gasteiger partial charge in [-0.05, 0) is 72.8 Å². The van der Waals surface area contributed by atoms with Crippen LogP contribution in [0.3, 0.4) is 0 Å². The quantitative estimate of drug-likeness (QED) is 0.250. The van der Waals surface area contributed by atoms with Gasteiger partial charge in [-0.2, -0.15) is 0 Å². The summed E-state index contributed by atoms with van der Waals surface area (Å²) in [5.41, 5.74) is 2.94. The molecule has 178 valence electrons. The minimum atomic E-state index is -0.376. The van der Waals surface area contributed by atoms with Crippen molar-refractivity contribution in [3.63, 3.8) is 0 Å². The first-order valence-corrected chi connectivity index (χ1v) is 12.6. The number of halogens is 1. The topological polar surface area (TPSA) is 68.2 Å². The lowest BCUT2D eigenvalue weighted by molar-refractivity contribution is -0.121. The molecule has 1 aliphatic heterocycles. The van der Waals surface area contributed by atoms with Crippen molar-refractivity contribution in [2.45, 2.75) is 13.5 Å². The van der Waals surface area contributed by atoms with Gasteiger partial charge in [0.15, 0.2) is 5.17 Å². The molecule has 0 N–H and O–H groups in total. The standard InChI is InChI=1S/C27H23BrN2O4S/c1-3-33-26(32)19-9-12-22(13-10-19)29-27-30(2)25(31)24(35-27)16-20-15-21(28)11-14-23(20)34-17-18-7-5-4-6-8-18/h4-16H,3,17H2,1-2H3/b24-16-,29-27?. The molecule has 1 fully saturated rings. The highest BCUT2D eigenvalue weighted by atomic mass is 79.9. The van der Waals surface area contributed by atoms with Crippen molar-refractivity contribution >= 4 is 56.5 Å². The molecule has 1 amide bonds. The Morgan fingerprint density at radius 3 is 2.54 bits per heavy atom. The number of hydrogen-bond acceptors (Lipinski definition) is 6. The number of likely N-dealkylation sites (N-methyl/N-ethyl adjacent to an activating group) is 1. The van der Waals surface area contributed by atoms with Crippen molar-refractivity contribution in [2.75, 3.05) is 13.7 Å². The number of aliphatic imine (C=N–C) groups is 1. The van der Waals surface area contributed by atoms with E-state index < -0.39 is 0 Å². The fraction of sp³-hybridized carbons (Fsp3) is 0.148. The third-order valence-electron chi connectivity index (χ3n) is 5.10. The molecule has 0 aliphatic carbocycles. The summed E-state index contributed by atoms with van der Waals surface area (Å²) in [5, 5.41) is 0.548. The number of carbonyl (C=O) groups excluding carboxylic acids is 2. The van der Waals surface area contributed by atoms with Gasteiger partial charge in [0, 0.05) is 17.1 Å². The van der Waals surface area contributed by atoms with E-state index in [0.29, 0.717) is 40.3 Å². The predicted molar refractivity (Wildman–Crippen MR) is 143 cm³/mol. The Kier molecular flexibility index (Phi) is 8.05. The monoisotopic (exact) mass is 550 g/mol. The lowest BCUT2D eigenvalue weighted by atomic mass is 10.1. The van der Waals surface area contributed by atoms with Crippen LogP contribution in [0.2, 0.25) is 0 Å². The summed E-state index contributed by atoms with van der Waals surface area (Å²) in [6.07, 6.45) is 1.82. The Bertz CT molecular complexity index is 1290. The Hall–Kier alpha value is -3.36. The van der Waals surface area contributed by atoms with Crippen LogP contribution in [-0.4, -0.2) is 35.6 Å². The van der Waals surface area contributed by atoms with Crippen LogP contribution in [0.15, 0.2) is 87.2 Å². The van der Waals surface area contributed by atoms with E-state index in [2.05, 4.69) is 20.9 Å². The maximum absolute atomic E-state index is 12.9. The summed E-state index contributed by atoms with van der Waals surface area (Å²) in [6, 6.07) is 22.4. The molecule has 6 nitrogen and oxygen atoms in total. The van der Waals surface area contributed by atoms with E-state index >= 15 is 0 Å². The molecule has 35 heavy (non-hydrogen) atoms. The summed E-state index contributed by atoms with van der Waals surface area (Å²) in [5.74, 6) is 0.158. The van der Waals surface area contributed by atoms with Crippen molar-refractivity contribution in [3.05, 3.63) is 98.9 Å². The second-order valence-electron chi connectivity index (χ2n) is 7.59. The number of amides is 1. The smallest absolute Gasteiger partial charge is 0.338 e.